The zero-order chi connectivity index (χ0) is 16.5. The van der Waals surface area contributed by atoms with E-state index < -0.39 is 0 Å². The summed E-state index contributed by atoms with van der Waals surface area (Å²) in [5.74, 6) is 7.18. The third kappa shape index (κ3) is 3.50. The van der Waals surface area contributed by atoms with Crippen LogP contribution in [0.1, 0.15) is 30.9 Å². The van der Waals surface area contributed by atoms with Gasteiger partial charge in [0, 0.05) is 17.0 Å². The molecule has 1 aromatic heterocycles. The van der Waals surface area contributed by atoms with Gasteiger partial charge in [-0.25, -0.2) is 4.68 Å². The zero-order valence-electron chi connectivity index (χ0n) is 14.0. The number of ether oxygens (including phenoxy) is 2. The van der Waals surface area contributed by atoms with Gasteiger partial charge in [-0.3, -0.25) is 0 Å². The fraction of sp³-hybridized carbons (Fsp3) is 0.474. The van der Waals surface area contributed by atoms with Crippen molar-refractivity contribution < 1.29 is 9.47 Å². The molecule has 5 nitrogen and oxygen atoms in total. The first-order valence-electron chi connectivity index (χ1n) is 8.47. The molecule has 2 aromatic rings. The van der Waals surface area contributed by atoms with Gasteiger partial charge in [-0.15, -0.1) is 5.10 Å². The first kappa shape index (κ1) is 15.4. The normalized spacial score (nSPS) is 23.1. The van der Waals surface area contributed by atoms with Crippen LogP contribution < -0.4 is 0 Å². The van der Waals surface area contributed by atoms with Crippen molar-refractivity contribution in [3.8, 4) is 23.1 Å². The van der Waals surface area contributed by atoms with Crippen LogP contribution in [0.15, 0.2) is 24.4 Å². The Morgan fingerprint density at radius 2 is 2.21 bits per heavy atom. The SMILES string of the molecule is Cc1cc(C#CC2CC2)ccc1-c1cn(CC2OCC(C)O2)nn1. The molecule has 24 heavy (non-hydrogen) atoms. The summed E-state index contributed by atoms with van der Waals surface area (Å²) in [6.07, 6.45) is 4.34. The average Bonchev–Trinajstić information content (AvgIpc) is 3.14. The van der Waals surface area contributed by atoms with Crippen LogP contribution >= 0.6 is 0 Å². The predicted octanol–water partition coefficient (Wildman–Crippen LogP) is 2.78. The van der Waals surface area contributed by atoms with Crippen LogP contribution in [0.4, 0.5) is 0 Å². The van der Waals surface area contributed by atoms with E-state index in [1.54, 1.807) is 4.68 Å². The average molecular weight is 323 g/mol. The van der Waals surface area contributed by atoms with E-state index in [0.29, 0.717) is 19.1 Å². The fourth-order valence-corrected chi connectivity index (χ4v) is 2.78. The number of aryl methyl sites for hydroxylation is 1. The molecule has 124 valence electrons. The van der Waals surface area contributed by atoms with Crippen molar-refractivity contribution in [1.82, 2.24) is 15.0 Å². The smallest absolute Gasteiger partial charge is 0.177 e. The van der Waals surface area contributed by atoms with E-state index >= 15 is 0 Å². The summed E-state index contributed by atoms with van der Waals surface area (Å²) >= 11 is 0. The largest absolute Gasteiger partial charge is 0.348 e. The molecule has 0 amide bonds. The van der Waals surface area contributed by atoms with Gasteiger partial charge in [-0.1, -0.05) is 23.1 Å². The lowest BCUT2D eigenvalue weighted by molar-refractivity contribution is -0.0668. The highest BCUT2D eigenvalue weighted by atomic mass is 16.7. The third-order valence-corrected chi connectivity index (χ3v) is 4.28. The van der Waals surface area contributed by atoms with Gasteiger partial charge >= 0.3 is 0 Å². The van der Waals surface area contributed by atoms with Crippen LogP contribution in [-0.4, -0.2) is 34.0 Å². The molecule has 2 atom stereocenters. The molecule has 1 saturated carbocycles. The van der Waals surface area contributed by atoms with Crippen molar-refractivity contribution in [3.05, 3.63) is 35.5 Å². The number of nitrogens with zero attached hydrogens (tertiary/aromatic N) is 3. The minimum absolute atomic E-state index is 0.143. The fourth-order valence-electron chi connectivity index (χ4n) is 2.78. The first-order chi connectivity index (χ1) is 11.7. The number of aromatic nitrogens is 3. The lowest BCUT2D eigenvalue weighted by atomic mass is 10.0. The Kier molecular flexibility index (Phi) is 4.09. The molecule has 2 fully saturated rings. The number of rotatable bonds is 3. The molecule has 1 aromatic carbocycles. The molecule has 2 heterocycles. The van der Waals surface area contributed by atoms with E-state index in [2.05, 4.69) is 47.3 Å². The number of hydrogen-bond acceptors (Lipinski definition) is 4. The molecule has 0 bridgehead atoms. The maximum Gasteiger partial charge on any atom is 0.177 e. The molecule has 0 N–H and O–H groups in total. The van der Waals surface area contributed by atoms with E-state index in [9.17, 15) is 0 Å². The number of benzene rings is 1. The van der Waals surface area contributed by atoms with Gasteiger partial charge in [-0.05, 0) is 44.4 Å². The Balaban J connectivity index is 1.48. The Hall–Kier alpha value is -2.16. The minimum Gasteiger partial charge on any atom is -0.348 e. The molecule has 5 heteroatoms. The van der Waals surface area contributed by atoms with E-state index in [1.165, 1.54) is 12.8 Å². The van der Waals surface area contributed by atoms with Crippen molar-refractivity contribution in [2.24, 2.45) is 5.92 Å². The van der Waals surface area contributed by atoms with Crippen molar-refractivity contribution in [2.45, 2.75) is 45.6 Å². The van der Waals surface area contributed by atoms with E-state index in [4.69, 9.17) is 9.47 Å². The Labute approximate surface area is 142 Å². The molecular formula is C19H21N3O2. The Morgan fingerprint density at radius 3 is 2.92 bits per heavy atom. The van der Waals surface area contributed by atoms with Crippen molar-refractivity contribution in [1.29, 1.82) is 0 Å². The monoisotopic (exact) mass is 323 g/mol. The van der Waals surface area contributed by atoms with Gasteiger partial charge in [-0.2, -0.15) is 0 Å². The predicted molar refractivity (Wildman–Crippen MR) is 90.1 cm³/mol. The van der Waals surface area contributed by atoms with Gasteiger partial charge in [0.2, 0.25) is 0 Å². The van der Waals surface area contributed by atoms with E-state index in [-0.39, 0.29) is 12.4 Å². The maximum absolute atomic E-state index is 5.64. The van der Waals surface area contributed by atoms with Crippen LogP contribution in [0, 0.1) is 24.7 Å². The maximum atomic E-state index is 5.64. The summed E-state index contributed by atoms with van der Waals surface area (Å²) in [7, 11) is 0. The van der Waals surface area contributed by atoms with Crippen LogP contribution in [0.25, 0.3) is 11.3 Å². The molecule has 1 aliphatic carbocycles. The summed E-state index contributed by atoms with van der Waals surface area (Å²) in [6, 6.07) is 6.25. The number of hydrogen-bond donors (Lipinski definition) is 0. The van der Waals surface area contributed by atoms with Gasteiger partial charge in [0.25, 0.3) is 0 Å². The lowest BCUT2D eigenvalue weighted by Crippen LogP contribution is -2.18. The second-order valence-corrected chi connectivity index (χ2v) is 6.61. The van der Waals surface area contributed by atoms with Crippen molar-refractivity contribution in [2.75, 3.05) is 6.61 Å². The molecule has 4 rings (SSSR count). The van der Waals surface area contributed by atoms with Gasteiger partial charge in [0.15, 0.2) is 6.29 Å². The highest BCUT2D eigenvalue weighted by Crippen LogP contribution is 2.28. The topological polar surface area (TPSA) is 49.2 Å². The van der Waals surface area contributed by atoms with Gasteiger partial charge in [0.05, 0.1) is 25.5 Å². The summed E-state index contributed by atoms with van der Waals surface area (Å²) in [5.41, 5.74) is 4.17. The standard InChI is InChI=1S/C19H21N3O2/c1-13-9-16(6-5-15-3-4-15)7-8-17(13)18-10-22(21-20-18)11-19-23-12-14(2)24-19/h7-10,14-15,19H,3-4,11-12H2,1-2H3. The minimum atomic E-state index is -0.240. The molecule has 2 aliphatic rings. The molecule has 1 aliphatic heterocycles. The van der Waals surface area contributed by atoms with Crippen LogP contribution in [0.2, 0.25) is 0 Å². The van der Waals surface area contributed by atoms with Crippen molar-refractivity contribution >= 4 is 0 Å². The molecule has 2 unspecified atom stereocenters. The second-order valence-electron chi connectivity index (χ2n) is 6.61. The summed E-state index contributed by atoms with van der Waals surface area (Å²) < 4.78 is 13.0. The molecular weight excluding hydrogens is 302 g/mol. The molecule has 1 saturated heterocycles. The van der Waals surface area contributed by atoms with Crippen LogP contribution in [0.5, 0.6) is 0 Å². The quantitative estimate of drug-likeness (QED) is 0.815. The molecule has 0 spiro atoms. The van der Waals surface area contributed by atoms with Crippen molar-refractivity contribution in [3.63, 3.8) is 0 Å². The van der Waals surface area contributed by atoms with Gasteiger partial charge in [0.1, 0.15) is 5.69 Å². The second kappa shape index (κ2) is 6.39. The van der Waals surface area contributed by atoms with Crippen LogP contribution in [0.3, 0.4) is 0 Å². The summed E-state index contributed by atoms with van der Waals surface area (Å²) in [6.45, 7) is 5.28. The lowest BCUT2D eigenvalue weighted by Gasteiger charge is -2.08. The Morgan fingerprint density at radius 1 is 1.33 bits per heavy atom. The Bertz CT molecular complexity index is 798. The summed E-state index contributed by atoms with van der Waals surface area (Å²) in [5, 5.41) is 8.48. The van der Waals surface area contributed by atoms with Gasteiger partial charge < -0.3 is 9.47 Å². The third-order valence-electron chi connectivity index (χ3n) is 4.28. The highest BCUT2D eigenvalue weighted by Gasteiger charge is 2.23. The van der Waals surface area contributed by atoms with E-state index in [0.717, 1.165) is 22.4 Å². The highest BCUT2D eigenvalue weighted by molar-refractivity contribution is 5.64. The summed E-state index contributed by atoms with van der Waals surface area (Å²) in [4.78, 5) is 0. The first-order valence-corrected chi connectivity index (χ1v) is 8.47. The van der Waals surface area contributed by atoms with E-state index in [1.807, 2.05) is 13.1 Å². The van der Waals surface area contributed by atoms with Crippen LogP contribution in [-0.2, 0) is 16.0 Å². The zero-order valence-corrected chi connectivity index (χ0v) is 14.0. The molecule has 0 radical (unpaired) electrons.